The van der Waals surface area contributed by atoms with Crippen molar-refractivity contribution in [3.8, 4) is 11.5 Å². The molecule has 30 heavy (non-hydrogen) atoms. The first kappa shape index (κ1) is 22.7. The summed E-state index contributed by atoms with van der Waals surface area (Å²) in [4.78, 5) is 0. The molecule has 1 fully saturated rings. The average Bonchev–Trinajstić information content (AvgIpc) is 3.42. The molecule has 1 aromatic carbocycles. The topological polar surface area (TPSA) is 77.3 Å². The highest BCUT2D eigenvalue weighted by atomic mass is 35.5. The van der Waals surface area contributed by atoms with Crippen LogP contribution in [0.1, 0.15) is 89.0 Å². The Morgan fingerprint density at radius 3 is 2.40 bits per heavy atom. The standard InChI is InChI=1S/C23H32ClFN4O/c1-2-3-4-5-6-7-8-9-10-11-17-16-18(12-13-19(17)25)20-28-29-22(30-20)23(14-15-23)21(26)27-24/h12-13,16H,2-11,14-15H2,1H3,(H2,26,27). The maximum absolute atomic E-state index is 14.3. The van der Waals surface area contributed by atoms with Crippen LogP contribution in [0.4, 0.5) is 4.39 Å². The molecule has 1 heterocycles. The predicted octanol–water partition coefficient (Wildman–Crippen LogP) is 6.49. The summed E-state index contributed by atoms with van der Waals surface area (Å²) >= 11 is 5.53. The first-order valence-electron chi connectivity index (χ1n) is 11.2. The zero-order chi connectivity index (χ0) is 21.4. The quantitative estimate of drug-likeness (QED) is 0.222. The SMILES string of the molecule is CCCCCCCCCCCc1cc(-c2nnc(C3(C(N)=NCl)CC3)o2)ccc1F. The summed E-state index contributed by atoms with van der Waals surface area (Å²) in [6.45, 7) is 2.24. The Kier molecular flexibility index (Phi) is 8.25. The van der Waals surface area contributed by atoms with Crippen LogP contribution >= 0.6 is 11.8 Å². The van der Waals surface area contributed by atoms with Gasteiger partial charge in [-0.15, -0.1) is 10.2 Å². The first-order valence-corrected chi connectivity index (χ1v) is 11.5. The highest BCUT2D eigenvalue weighted by molar-refractivity contribution is 6.21. The highest BCUT2D eigenvalue weighted by Gasteiger charge is 2.53. The van der Waals surface area contributed by atoms with Crippen LogP contribution in [0.25, 0.3) is 11.5 Å². The average molecular weight is 435 g/mol. The molecular formula is C23H32ClFN4O. The van der Waals surface area contributed by atoms with Crippen molar-refractivity contribution in [2.75, 3.05) is 0 Å². The lowest BCUT2D eigenvalue weighted by Crippen LogP contribution is -2.28. The fourth-order valence-corrected chi connectivity index (χ4v) is 4.01. The number of rotatable bonds is 13. The summed E-state index contributed by atoms with van der Waals surface area (Å²) in [5.74, 6) is 0.899. The van der Waals surface area contributed by atoms with E-state index in [4.69, 9.17) is 21.9 Å². The second-order valence-electron chi connectivity index (χ2n) is 8.35. The molecule has 1 aliphatic rings. The Hall–Kier alpha value is -1.95. The zero-order valence-corrected chi connectivity index (χ0v) is 18.6. The van der Waals surface area contributed by atoms with Gasteiger partial charge in [-0.05, 0) is 49.4 Å². The molecule has 2 aromatic rings. The van der Waals surface area contributed by atoms with Crippen molar-refractivity contribution in [1.29, 1.82) is 0 Å². The third-order valence-corrected chi connectivity index (χ3v) is 6.19. The number of benzene rings is 1. The van der Waals surface area contributed by atoms with E-state index in [0.717, 1.165) is 31.2 Å². The van der Waals surface area contributed by atoms with E-state index in [9.17, 15) is 4.39 Å². The molecule has 0 atom stereocenters. The molecule has 0 aliphatic heterocycles. The molecule has 1 aromatic heterocycles. The van der Waals surface area contributed by atoms with Crippen LogP contribution in [0.3, 0.4) is 0 Å². The van der Waals surface area contributed by atoms with E-state index in [1.807, 2.05) is 6.07 Å². The van der Waals surface area contributed by atoms with Crippen molar-refractivity contribution in [1.82, 2.24) is 10.2 Å². The van der Waals surface area contributed by atoms with E-state index >= 15 is 0 Å². The molecule has 1 saturated carbocycles. The number of aryl methyl sites for hydroxylation is 1. The maximum atomic E-state index is 14.3. The molecule has 0 saturated heterocycles. The Labute approximate surface area is 183 Å². The second-order valence-corrected chi connectivity index (χ2v) is 8.52. The first-order chi connectivity index (χ1) is 14.6. The second kappa shape index (κ2) is 10.9. The minimum Gasteiger partial charge on any atom is -0.420 e. The van der Waals surface area contributed by atoms with Gasteiger partial charge in [0.15, 0.2) is 0 Å². The molecule has 2 N–H and O–H groups in total. The van der Waals surface area contributed by atoms with Crippen LogP contribution in [-0.4, -0.2) is 16.0 Å². The van der Waals surface area contributed by atoms with Crippen LogP contribution in [0.2, 0.25) is 0 Å². The van der Waals surface area contributed by atoms with E-state index in [-0.39, 0.29) is 5.82 Å². The van der Waals surface area contributed by atoms with Gasteiger partial charge in [-0.1, -0.05) is 58.3 Å². The van der Waals surface area contributed by atoms with Gasteiger partial charge in [-0.2, -0.15) is 4.51 Å². The lowest BCUT2D eigenvalue weighted by Gasteiger charge is -2.07. The Bertz CT molecular complexity index is 847. The molecule has 0 amide bonds. The summed E-state index contributed by atoms with van der Waals surface area (Å²) in [5, 5.41) is 8.28. The smallest absolute Gasteiger partial charge is 0.247 e. The van der Waals surface area contributed by atoms with Crippen molar-refractivity contribution >= 4 is 17.6 Å². The van der Waals surface area contributed by atoms with E-state index in [2.05, 4.69) is 21.6 Å². The molecule has 0 bridgehead atoms. The maximum Gasteiger partial charge on any atom is 0.247 e. The molecule has 1 aliphatic carbocycles. The lowest BCUT2D eigenvalue weighted by molar-refractivity contribution is 0.486. The normalized spacial score (nSPS) is 15.5. The summed E-state index contributed by atoms with van der Waals surface area (Å²) in [5.41, 5.74) is 6.78. The molecule has 3 rings (SSSR count). The van der Waals surface area contributed by atoms with Crippen LogP contribution in [0, 0.1) is 5.82 Å². The van der Waals surface area contributed by atoms with Crippen LogP contribution in [0.5, 0.6) is 0 Å². The fourth-order valence-electron chi connectivity index (χ4n) is 3.84. The van der Waals surface area contributed by atoms with Crippen LogP contribution in [-0.2, 0) is 11.8 Å². The lowest BCUT2D eigenvalue weighted by atomic mass is 10.0. The number of halogens is 2. The third kappa shape index (κ3) is 5.60. The number of amidine groups is 1. The van der Waals surface area contributed by atoms with Gasteiger partial charge in [0.2, 0.25) is 11.8 Å². The van der Waals surface area contributed by atoms with E-state index in [1.165, 1.54) is 51.0 Å². The summed E-state index contributed by atoms with van der Waals surface area (Å²) in [7, 11) is 0. The van der Waals surface area contributed by atoms with E-state index < -0.39 is 5.41 Å². The molecule has 164 valence electrons. The van der Waals surface area contributed by atoms with Gasteiger partial charge < -0.3 is 10.2 Å². The summed E-state index contributed by atoms with van der Waals surface area (Å²) in [6.07, 6.45) is 13.5. The number of hydrogen-bond acceptors (Lipinski definition) is 4. The third-order valence-electron chi connectivity index (χ3n) is 6.01. The predicted molar refractivity (Wildman–Crippen MR) is 119 cm³/mol. The van der Waals surface area contributed by atoms with Crippen LogP contribution < -0.4 is 5.73 Å². The summed E-state index contributed by atoms with van der Waals surface area (Å²) in [6, 6.07) is 4.96. The molecular weight excluding hydrogens is 403 g/mol. The monoisotopic (exact) mass is 434 g/mol. The number of nitrogens with zero attached hydrogens (tertiary/aromatic N) is 3. The van der Waals surface area contributed by atoms with Gasteiger partial charge in [0.1, 0.15) is 17.1 Å². The van der Waals surface area contributed by atoms with Gasteiger partial charge in [-0.3, -0.25) is 0 Å². The van der Waals surface area contributed by atoms with Gasteiger partial charge in [0.05, 0.1) is 0 Å². The highest BCUT2D eigenvalue weighted by Crippen LogP contribution is 2.48. The fraction of sp³-hybridized carbons (Fsp3) is 0.609. The molecule has 0 spiro atoms. The zero-order valence-electron chi connectivity index (χ0n) is 17.8. The van der Waals surface area contributed by atoms with Crippen LogP contribution in [0.15, 0.2) is 27.1 Å². The molecule has 7 heteroatoms. The van der Waals surface area contributed by atoms with Gasteiger partial charge in [-0.25, -0.2) is 4.39 Å². The number of nitrogens with two attached hydrogens (primary N) is 1. The van der Waals surface area contributed by atoms with Crippen molar-refractivity contribution in [2.45, 2.75) is 89.4 Å². The number of aromatic nitrogens is 2. The van der Waals surface area contributed by atoms with E-state index in [1.54, 1.807) is 6.07 Å². The Morgan fingerprint density at radius 1 is 1.10 bits per heavy atom. The van der Waals surface area contributed by atoms with Gasteiger partial charge >= 0.3 is 0 Å². The van der Waals surface area contributed by atoms with Gasteiger partial charge in [0.25, 0.3) is 0 Å². The largest absolute Gasteiger partial charge is 0.420 e. The Balaban J connectivity index is 1.52. The van der Waals surface area contributed by atoms with Crippen molar-refractivity contribution in [3.05, 3.63) is 35.5 Å². The van der Waals surface area contributed by atoms with Crippen molar-refractivity contribution in [3.63, 3.8) is 0 Å². The van der Waals surface area contributed by atoms with E-state index in [0.29, 0.717) is 29.6 Å². The Morgan fingerprint density at radius 2 is 1.77 bits per heavy atom. The van der Waals surface area contributed by atoms with Gasteiger partial charge in [0, 0.05) is 17.3 Å². The molecule has 0 unspecified atom stereocenters. The minimum absolute atomic E-state index is 0.185. The van der Waals surface area contributed by atoms with Crippen molar-refractivity contribution < 1.29 is 8.81 Å². The molecule has 0 radical (unpaired) electrons. The minimum atomic E-state index is -0.535. The number of hydrogen-bond donors (Lipinski definition) is 1. The molecule has 5 nitrogen and oxygen atoms in total. The van der Waals surface area contributed by atoms with Crippen molar-refractivity contribution in [2.24, 2.45) is 10.2 Å². The summed E-state index contributed by atoms with van der Waals surface area (Å²) < 4.78 is 23.7. The number of unbranched alkanes of at least 4 members (excludes halogenated alkanes) is 8.